The van der Waals surface area contributed by atoms with E-state index in [0.717, 1.165) is 44.5 Å². The Kier molecular flexibility index (Phi) is 7.00. The summed E-state index contributed by atoms with van der Waals surface area (Å²) in [7, 11) is -3.69. The first-order valence-electron chi connectivity index (χ1n) is 12.9. The highest BCUT2D eigenvalue weighted by Crippen LogP contribution is 2.35. The summed E-state index contributed by atoms with van der Waals surface area (Å²) < 4.78 is 63.8. The molecule has 1 unspecified atom stereocenters. The first-order chi connectivity index (χ1) is 18.9. The molecule has 1 atom stereocenters. The Labute approximate surface area is 224 Å². The largest absolute Gasteiger partial charge is 0.377 e. The molecular formula is C27H28F2N6O3S. The average molecular weight is 555 g/mol. The van der Waals surface area contributed by atoms with Crippen LogP contribution in [-0.2, 0) is 20.3 Å². The third-order valence-electron chi connectivity index (χ3n) is 7.17. The molecule has 12 heteroatoms. The average Bonchev–Trinajstić information content (AvgIpc) is 3.59. The van der Waals surface area contributed by atoms with Gasteiger partial charge in [0.1, 0.15) is 23.6 Å². The van der Waals surface area contributed by atoms with E-state index in [0.29, 0.717) is 35.2 Å². The van der Waals surface area contributed by atoms with Gasteiger partial charge in [-0.05, 0) is 31.0 Å². The highest BCUT2D eigenvalue weighted by Gasteiger charge is 2.27. The zero-order chi connectivity index (χ0) is 27.0. The lowest BCUT2D eigenvalue weighted by atomic mass is 10.1. The van der Waals surface area contributed by atoms with Crippen molar-refractivity contribution < 1.29 is 21.9 Å². The quantitative estimate of drug-likeness (QED) is 0.372. The maximum atomic E-state index is 16.0. The third-order valence-corrected chi connectivity index (χ3v) is 8.80. The monoisotopic (exact) mass is 554 g/mol. The van der Waals surface area contributed by atoms with E-state index in [4.69, 9.17) is 9.72 Å². The molecule has 0 spiro atoms. The van der Waals surface area contributed by atoms with Crippen LogP contribution in [0.4, 0.5) is 14.6 Å². The van der Waals surface area contributed by atoms with Gasteiger partial charge in [0, 0.05) is 68.1 Å². The van der Waals surface area contributed by atoms with Gasteiger partial charge in [0.25, 0.3) is 0 Å². The van der Waals surface area contributed by atoms with Crippen molar-refractivity contribution in [3.63, 3.8) is 0 Å². The fourth-order valence-corrected chi connectivity index (χ4v) is 6.91. The van der Waals surface area contributed by atoms with Gasteiger partial charge in [-0.2, -0.15) is 0 Å². The fourth-order valence-electron chi connectivity index (χ4n) is 5.27. The van der Waals surface area contributed by atoms with Crippen LogP contribution < -0.4 is 10.2 Å². The molecule has 1 aromatic carbocycles. The summed E-state index contributed by atoms with van der Waals surface area (Å²) in [6.07, 6.45) is 7.30. The smallest absolute Gasteiger partial charge is 0.157 e. The Morgan fingerprint density at radius 1 is 1.08 bits per heavy atom. The van der Waals surface area contributed by atoms with E-state index >= 15 is 8.78 Å². The summed E-state index contributed by atoms with van der Waals surface area (Å²) in [4.78, 5) is 15.2. The van der Waals surface area contributed by atoms with E-state index in [1.807, 2.05) is 6.07 Å². The second kappa shape index (κ2) is 10.6. The van der Waals surface area contributed by atoms with Crippen molar-refractivity contribution in [3.05, 3.63) is 66.4 Å². The minimum absolute atomic E-state index is 0.0961. The Hall–Kier alpha value is -3.48. The van der Waals surface area contributed by atoms with Gasteiger partial charge in [-0.25, -0.2) is 32.2 Å². The molecule has 0 amide bonds. The van der Waals surface area contributed by atoms with E-state index in [2.05, 4.69) is 20.2 Å². The first-order valence-corrected chi connectivity index (χ1v) is 14.7. The number of aromatic nitrogens is 4. The summed E-state index contributed by atoms with van der Waals surface area (Å²) >= 11 is 0. The van der Waals surface area contributed by atoms with Crippen LogP contribution in [-0.4, -0.2) is 72.6 Å². The predicted molar refractivity (Wildman–Crippen MR) is 144 cm³/mol. The lowest BCUT2D eigenvalue weighted by Gasteiger charge is -2.28. The number of rotatable bonds is 7. The van der Waals surface area contributed by atoms with E-state index in [1.165, 1.54) is 17.0 Å². The zero-order valence-electron chi connectivity index (χ0n) is 21.2. The Morgan fingerprint density at radius 2 is 1.87 bits per heavy atom. The normalized spacial score (nSPS) is 18.2. The number of fused-ring (bicyclic) bond motifs is 1. The molecule has 2 aliphatic heterocycles. The predicted octanol–water partition coefficient (Wildman–Crippen LogP) is 3.26. The maximum Gasteiger partial charge on any atom is 0.157 e. The number of hydrogen-bond acceptors (Lipinski definition) is 8. The molecule has 204 valence electrons. The summed E-state index contributed by atoms with van der Waals surface area (Å²) in [6.45, 7) is 3.76. The third kappa shape index (κ3) is 5.23. The summed E-state index contributed by atoms with van der Waals surface area (Å²) in [5, 5.41) is 3.32. The summed E-state index contributed by atoms with van der Waals surface area (Å²) in [5.74, 6) is -1.72. The molecule has 0 radical (unpaired) electrons. The van der Waals surface area contributed by atoms with Gasteiger partial charge < -0.3 is 19.5 Å². The van der Waals surface area contributed by atoms with Crippen LogP contribution >= 0.6 is 0 Å². The van der Waals surface area contributed by atoms with Crippen LogP contribution in [0.1, 0.15) is 18.4 Å². The van der Waals surface area contributed by atoms with Crippen LogP contribution in [0.3, 0.4) is 0 Å². The van der Waals surface area contributed by atoms with Gasteiger partial charge in [0.15, 0.2) is 15.7 Å². The standard InChI is InChI=1S/C27H28F2N6O3S/c28-22-4-3-18(15-39(36,37)16-20-2-1-11-38-20)25(29)27(22)35-14-21(19-12-31-17-32-13-19)26-23(35)5-6-24(33-26)34-9-7-30-8-10-34/h3-6,12-14,17,20,30H,1-2,7-11,15-16H2. The van der Waals surface area contributed by atoms with Crippen molar-refractivity contribution in [2.75, 3.05) is 43.4 Å². The molecule has 9 nitrogen and oxygen atoms in total. The van der Waals surface area contributed by atoms with E-state index in [1.54, 1.807) is 24.7 Å². The lowest BCUT2D eigenvalue weighted by molar-refractivity contribution is 0.127. The van der Waals surface area contributed by atoms with Crippen LogP contribution in [0, 0.1) is 11.6 Å². The molecular weight excluding hydrogens is 526 g/mol. The van der Waals surface area contributed by atoms with E-state index in [-0.39, 0.29) is 17.0 Å². The molecule has 2 aliphatic rings. The molecule has 2 saturated heterocycles. The minimum Gasteiger partial charge on any atom is -0.377 e. The Balaban J connectivity index is 1.45. The highest BCUT2D eigenvalue weighted by atomic mass is 32.2. The second-order valence-electron chi connectivity index (χ2n) is 9.87. The molecule has 3 aromatic heterocycles. The van der Waals surface area contributed by atoms with Gasteiger partial charge in [0.05, 0.1) is 28.6 Å². The van der Waals surface area contributed by atoms with Gasteiger partial charge >= 0.3 is 0 Å². The molecule has 2 fully saturated rings. The van der Waals surface area contributed by atoms with Crippen molar-refractivity contribution in [1.82, 2.24) is 24.8 Å². The number of ether oxygens (including phenoxy) is 1. The van der Waals surface area contributed by atoms with Gasteiger partial charge in [-0.15, -0.1) is 0 Å². The van der Waals surface area contributed by atoms with Gasteiger partial charge in [0.2, 0.25) is 0 Å². The number of benzene rings is 1. The summed E-state index contributed by atoms with van der Waals surface area (Å²) in [6, 6.07) is 5.92. The zero-order valence-corrected chi connectivity index (χ0v) is 22.0. The van der Waals surface area contributed by atoms with Crippen LogP contribution in [0.15, 0.2) is 49.2 Å². The molecule has 4 aromatic rings. The van der Waals surface area contributed by atoms with Crippen molar-refractivity contribution in [3.8, 4) is 16.8 Å². The number of nitrogens with zero attached hydrogens (tertiary/aromatic N) is 5. The van der Waals surface area contributed by atoms with Crippen LogP contribution in [0.5, 0.6) is 0 Å². The van der Waals surface area contributed by atoms with Crippen molar-refractivity contribution >= 4 is 26.7 Å². The van der Waals surface area contributed by atoms with Crippen molar-refractivity contribution in [1.29, 1.82) is 0 Å². The number of nitrogens with one attached hydrogen (secondary N) is 1. The molecule has 0 aliphatic carbocycles. The Morgan fingerprint density at radius 3 is 2.62 bits per heavy atom. The number of halogens is 2. The van der Waals surface area contributed by atoms with E-state index < -0.39 is 33.3 Å². The number of hydrogen-bond donors (Lipinski definition) is 1. The summed E-state index contributed by atoms with van der Waals surface area (Å²) in [5.41, 5.74) is 1.81. The van der Waals surface area contributed by atoms with Gasteiger partial charge in [-0.3, -0.25) is 0 Å². The maximum absolute atomic E-state index is 16.0. The minimum atomic E-state index is -3.69. The number of piperazine rings is 1. The number of sulfone groups is 1. The molecule has 6 rings (SSSR count). The SMILES string of the molecule is O=S(=O)(Cc1ccc(F)c(-n2cc(-c3cncnc3)c3nc(N4CCNCC4)ccc32)c1F)CC1CCCO1. The molecule has 0 saturated carbocycles. The van der Waals surface area contributed by atoms with E-state index in [9.17, 15) is 8.42 Å². The molecule has 1 N–H and O–H groups in total. The van der Waals surface area contributed by atoms with Crippen LogP contribution in [0.2, 0.25) is 0 Å². The number of anilines is 1. The highest BCUT2D eigenvalue weighted by molar-refractivity contribution is 7.90. The first kappa shape index (κ1) is 25.8. The topological polar surface area (TPSA) is 102 Å². The second-order valence-corrected chi connectivity index (χ2v) is 12.0. The van der Waals surface area contributed by atoms with Crippen molar-refractivity contribution in [2.45, 2.75) is 24.7 Å². The van der Waals surface area contributed by atoms with Crippen LogP contribution in [0.25, 0.3) is 27.8 Å². The number of pyridine rings is 1. The van der Waals surface area contributed by atoms with Crippen molar-refractivity contribution in [2.24, 2.45) is 0 Å². The Bertz CT molecular complexity index is 1600. The molecule has 39 heavy (non-hydrogen) atoms. The fraction of sp³-hybridized carbons (Fsp3) is 0.370. The molecule has 0 bridgehead atoms. The molecule has 5 heterocycles. The van der Waals surface area contributed by atoms with Gasteiger partial charge in [-0.1, -0.05) is 6.07 Å². The lowest BCUT2D eigenvalue weighted by Crippen LogP contribution is -2.43.